The number of aryl methyl sites for hydroxylation is 1. The van der Waals surface area contributed by atoms with E-state index in [0.29, 0.717) is 12.1 Å². The second-order valence-electron chi connectivity index (χ2n) is 9.04. The first kappa shape index (κ1) is 25.3. The summed E-state index contributed by atoms with van der Waals surface area (Å²) in [4.78, 5) is 0. The molecule has 3 N–H and O–H groups in total. The Morgan fingerprint density at radius 1 is 1.15 bits per heavy atom. The summed E-state index contributed by atoms with van der Waals surface area (Å²) in [6, 6.07) is 14.2. The first-order chi connectivity index (χ1) is 15.7. The Bertz CT molecular complexity index is 1070. The van der Waals surface area contributed by atoms with E-state index >= 15 is 0 Å². The summed E-state index contributed by atoms with van der Waals surface area (Å²) in [6.45, 7) is 3.95. The minimum Gasteiger partial charge on any atom is -0.473 e. The van der Waals surface area contributed by atoms with Crippen molar-refractivity contribution in [2.75, 3.05) is 13.2 Å². The van der Waals surface area contributed by atoms with Crippen LogP contribution in [0.5, 0.6) is 0 Å². The molecule has 0 spiro atoms. The van der Waals surface area contributed by atoms with E-state index in [1.807, 2.05) is 24.3 Å². The largest absolute Gasteiger partial charge is 0.473 e. The smallest absolute Gasteiger partial charge is 0.263 e. The molecule has 8 heteroatoms. The van der Waals surface area contributed by atoms with Gasteiger partial charge in [0.05, 0.1) is 0 Å². The minimum atomic E-state index is -3.87. The second kappa shape index (κ2) is 10.8. The fourth-order valence-corrected chi connectivity index (χ4v) is 5.98. The molecule has 1 aliphatic heterocycles. The lowest BCUT2D eigenvalue weighted by molar-refractivity contribution is 0.0797. The Hall–Kier alpha value is -2.29. The molecule has 0 saturated carbocycles. The molecular weight excluding hydrogens is 443 g/mol. The van der Waals surface area contributed by atoms with Crippen molar-refractivity contribution in [3.63, 3.8) is 0 Å². The van der Waals surface area contributed by atoms with E-state index in [0.717, 1.165) is 24.0 Å². The highest BCUT2D eigenvalue weighted by Gasteiger charge is 2.46. The zero-order chi connectivity index (χ0) is 24.1. The van der Waals surface area contributed by atoms with E-state index in [1.54, 1.807) is 32.0 Å². The summed E-state index contributed by atoms with van der Waals surface area (Å²) in [5.74, 6) is -0.795. The lowest BCUT2D eigenvalue weighted by atomic mass is 9.91. The number of benzene rings is 2. The molecular formula is C25H33FN2O4S. The SMILES string of the molecule is CC1(C)OC(C[C@@H](CCO)c2ccccc2F)=NS(=O)(=O)C1Cc1ccc(CCCN)cc1. The Kier molecular flexibility index (Phi) is 8.26. The molecule has 0 fully saturated rings. The van der Waals surface area contributed by atoms with Gasteiger partial charge in [-0.15, -0.1) is 4.40 Å². The van der Waals surface area contributed by atoms with E-state index < -0.39 is 32.6 Å². The number of sulfonamides is 1. The maximum atomic E-state index is 14.3. The zero-order valence-corrected chi connectivity index (χ0v) is 20.0. The van der Waals surface area contributed by atoms with Crippen LogP contribution in [0, 0.1) is 5.82 Å². The molecule has 1 aliphatic rings. The van der Waals surface area contributed by atoms with Crippen LogP contribution in [0.2, 0.25) is 0 Å². The third kappa shape index (κ3) is 6.40. The summed E-state index contributed by atoms with van der Waals surface area (Å²) < 4.78 is 50.7. The van der Waals surface area contributed by atoms with Crippen molar-refractivity contribution < 1.29 is 22.7 Å². The maximum absolute atomic E-state index is 14.3. The Labute approximate surface area is 195 Å². The molecule has 180 valence electrons. The third-order valence-electron chi connectivity index (χ3n) is 6.10. The van der Waals surface area contributed by atoms with Crippen molar-refractivity contribution in [2.45, 2.75) is 62.7 Å². The number of nitrogens with zero attached hydrogens (tertiary/aromatic N) is 1. The molecule has 0 bridgehead atoms. The van der Waals surface area contributed by atoms with Crippen LogP contribution in [0.1, 0.15) is 55.7 Å². The standard InChI is InChI=1S/C25H33FN2O4S/c1-25(2)23(16-19-11-9-18(10-12-19)6-5-14-27)33(30,31)28-24(32-25)17-20(13-15-29)21-7-3-4-8-22(21)26/h3-4,7-12,20,23,29H,5-6,13-17,27H2,1-2H3/t20-,23?/m1/s1. The molecule has 3 rings (SSSR count). The molecule has 1 heterocycles. The van der Waals surface area contributed by atoms with E-state index in [9.17, 15) is 17.9 Å². The highest BCUT2D eigenvalue weighted by molar-refractivity contribution is 7.91. The fraction of sp³-hybridized carbons (Fsp3) is 0.480. The van der Waals surface area contributed by atoms with E-state index in [1.165, 1.54) is 6.07 Å². The third-order valence-corrected chi connectivity index (χ3v) is 8.01. The first-order valence-electron chi connectivity index (χ1n) is 11.3. The Morgan fingerprint density at radius 3 is 2.42 bits per heavy atom. The summed E-state index contributed by atoms with van der Waals surface area (Å²) >= 11 is 0. The van der Waals surface area contributed by atoms with Crippen molar-refractivity contribution in [3.05, 3.63) is 71.0 Å². The van der Waals surface area contributed by atoms with Crippen LogP contribution in [-0.2, 0) is 27.6 Å². The summed E-state index contributed by atoms with van der Waals surface area (Å²) in [5, 5.41) is 8.62. The highest BCUT2D eigenvalue weighted by Crippen LogP contribution is 2.34. The predicted octanol–water partition coefficient (Wildman–Crippen LogP) is 3.72. The predicted molar refractivity (Wildman–Crippen MR) is 128 cm³/mol. The van der Waals surface area contributed by atoms with Crippen LogP contribution < -0.4 is 5.73 Å². The van der Waals surface area contributed by atoms with Gasteiger partial charge in [0, 0.05) is 13.0 Å². The highest BCUT2D eigenvalue weighted by atomic mass is 32.2. The number of hydrogen-bond donors (Lipinski definition) is 2. The van der Waals surface area contributed by atoms with E-state index in [-0.39, 0.29) is 31.8 Å². The van der Waals surface area contributed by atoms with Crippen molar-refractivity contribution >= 4 is 15.9 Å². The van der Waals surface area contributed by atoms with Gasteiger partial charge in [-0.3, -0.25) is 0 Å². The van der Waals surface area contributed by atoms with Crippen LogP contribution >= 0.6 is 0 Å². The Morgan fingerprint density at radius 2 is 1.82 bits per heavy atom. The molecule has 6 nitrogen and oxygen atoms in total. The van der Waals surface area contributed by atoms with Gasteiger partial charge >= 0.3 is 0 Å². The normalized spacial score (nSPS) is 20.0. The molecule has 33 heavy (non-hydrogen) atoms. The van der Waals surface area contributed by atoms with Crippen molar-refractivity contribution in [1.29, 1.82) is 0 Å². The van der Waals surface area contributed by atoms with Gasteiger partial charge in [0.1, 0.15) is 16.7 Å². The summed E-state index contributed by atoms with van der Waals surface area (Å²) in [5.41, 5.74) is 7.00. The van der Waals surface area contributed by atoms with Gasteiger partial charge in [-0.1, -0.05) is 42.5 Å². The lowest BCUT2D eigenvalue weighted by Crippen LogP contribution is -2.50. The van der Waals surface area contributed by atoms with Gasteiger partial charge in [-0.05, 0) is 74.8 Å². The maximum Gasteiger partial charge on any atom is 0.263 e. The van der Waals surface area contributed by atoms with Gasteiger partial charge in [-0.2, -0.15) is 0 Å². The summed E-state index contributed by atoms with van der Waals surface area (Å²) in [7, 11) is -3.87. The van der Waals surface area contributed by atoms with Crippen LogP contribution in [-0.4, -0.2) is 43.4 Å². The lowest BCUT2D eigenvalue weighted by Gasteiger charge is -2.38. The molecule has 2 aromatic carbocycles. The first-order valence-corrected chi connectivity index (χ1v) is 12.8. The van der Waals surface area contributed by atoms with Crippen LogP contribution in [0.15, 0.2) is 52.9 Å². The number of aliphatic hydroxyl groups excluding tert-OH is 1. The molecule has 0 radical (unpaired) electrons. The van der Waals surface area contributed by atoms with E-state index in [4.69, 9.17) is 10.5 Å². The average molecular weight is 477 g/mol. The molecule has 2 aromatic rings. The molecule has 0 saturated heterocycles. The molecule has 0 aromatic heterocycles. The van der Waals surface area contributed by atoms with Crippen molar-refractivity contribution in [3.8, 4) is 0 Å². The monoisotopic (exact) mass is 476 g/mol. The number of ether oxygens (including phenoxy) is 1. The second-order valence-corrected chi connectivity index (χ2v) is 10.8. The minimum absolute atomic E-state index is 0.0510. The van der Waals surface area contributed by atoms with Crippen LogP contribution in [0.3, 0.4) is 0 Å². The number of halogens is 1. The van der Waals surface area contributed by atoms with Crippen molar-refractivity contribution in [2.24, 2.45) is 10.1 Å². The Balaban J connectivity index is 1.81. The number of aliphatic hydroxyl groups is 1. The molecule has 0 aliphatic carbocycles. The number of nitrogens with two attached hydrogens (primary N) is 1. The van der Waals surface area contributed by atoms with Gasteiger partial charge in [-0.25, -0.2) is 12.8 Å². The van der Waals surface area contributed by atoms with Crippen LogP contribution in [0.4, 0.5) is 4.39 Å². The quantitative estimate of drug-likeness (QED) is 0.544. The number of hydrogen-bond acceptors (Lipinski definition) is 5. The topological polar surface area (TPSA) is 102 Å². The van der Waals surface area contributed by atoms with Gasteiger partial charge in [0.25, 0.3) is 10.0 Å². The van der Waals surface area contributed by atoms with Gasteiger partial charge < -0.3 is 15.6 Å². The number of rotatable bonds is 10. The average Bonchev–Trinajstić information content (AvgIpc) is 2.75. The van der Waals surface area contributed by atoms with Crippen molar-refractivity contribution in [1.82, 2.24) is 0 Å². The van der Waals surface area contributed by atoms with E-state index in [2.05, 4.69) is 4.40 Å². The summed E-state index contributed by atoms with van der Waals surface area (Å²) in [6.07, 6.45) is 2.42. The molecule has 2 atom stereocenters. The van der Waals surface area contributed by atoms with Crippen LogP contribution in [0.25, 0.3) is 0 Å². The molecule has 1 unspecified atom stereocenters. The molecule has 0 amide bonds. The van der Waals surface area contributed by atoms with Gasteiger partial charge in [0.15, 0.2) is 0 Å². The fourth-order valence-electron chi connectivity index (χ4n) is 4.28. The van der Waals surface area contributed by atoms with Gasteiger partial charge in [0.2, 0.25) is 5.90 Å². The zero-order valence-electron chi connectivity index (χ0n) is 19.2.